The van der Waals surface area contributed by atoms with E-state index in [1.165, 1.54) is 0 Å². The highest BCUT2D eigenvalue weighted by Gasteiger charge is 2.17. The molecule has 0 aliphatic carbocycles. The van der Waals surface area contributed by atoms with E-state index in [1.54, 1.807) is 20.4 Å². The van der Waals surface area contributed by atoms with Gasteiger partial charge in [-0.05, 0) is 54.8 Å². The Kier molecular flexibility index (Phi) is 6.19. The molecule has 152 valence electrons. The molecule has 0 saturated heterocycles. The Morgan fingerprint density at radius 1 is 1.10 bits per heavy atom. The maximum atomic E-state index is 12.1. The molecule has 0 radical (unpaired) electrons. The largest absolute Gasteiger partial charge is 0.496 e. The minimum absolute atomic E-state index is 0.111. The number of ether oxygens (including phenoxy) is 2. The van der Waals surface area contributed by atoms with Gasteiger partial charge in [0, 0.05) is 11.1 Å². The number of aromatic nitrogens is 1. The normalized spacial score (nSPS) is 10.7. The van der Waals surface area contributed by atoms with Crippen molar-refractivity contribution in [3.63, 3.8) is 0 Å². The molecule has 0 saturated carbocycles. The van der Waals surface area contributed by atoms with E-state index in [0.29, 0.717) is 30.2 Å². The van der Waals surface area contributed by atoms with Gasteiger partial charge in [0.25, 0.3) is 0 Å². The van der Waals surface area contributed by atoms with Crippen molar-refractivity contribution in [2.24, 2.45) is 0 Å². The van der Waals surface area contributed by atoms with Gasteiger partial charge in [-0.25, -0.2) is 0 Å². The molecule has 0 aliphatic rings. The number of nitrogens with one attached hydrogen (secondary N) is 1. The van der Waals surface area contributed by atoms with Crippen LogP contribution >= 0.6 is 0 Å². The molecule has 1 heterocycles. The minimum Gasteiger partial charge on any atom is -0.496 e. The first kappa shape index (κ1) is 20.4. The Morgan fingerprint density at radius 2 is 1.86 bits per heavy atom. The van der Waals surface area contributed by atoms with Crippen molar-refractivity contribution in [1.29, 1.82) is 0 Å². The van der Waals surface area contributed by atoms with Gasteiger partial charge in [-0.1, -0.05) is 11.2 Å². The molecule has 29 heavy (non-hydrogen) atoms. The van der Waals surface area contributed by atoms with Crippen LogP contribution in [0.5, 0.6) is 11.5 Å². The first-order valence-corrected chi connectivity index (χ1v) is 9.36. The lowest BCUT2D eigenvalue weighted by Gasteiger charge is -2.13. The van der Waals surface area contributed by atoms with E-state index in [0.717, 1.165) is 33.6 Å². The third-order valence-corrected chi connectivity index (χ3v) is 4.86. The maximum Gasteiger partial charge on any atom is 0.230 e. The van der Waals surface area contributed by atoms with Crippen LogP contribution in [0.4, 0.5) is 5.69 Å². The van der Waals surface area contributed by atoms with Crippen LogP contribution in [0.1, 0.15) is 17.5 Å². The van der Waals surface area contributed by atoms with E-state index < -0.39 is 0 Å². The summed E-state index contributed by atoms with van der Waals surface area (Å²) in [6.07, 6.45) is 2.01. The SMILES string of the molecule is COc1ccc(-c2cnoc2-c2cc(C)c(C)c(OC)c2)cc1NC(=O)CC[NH3+]. The number of benzene rings is 2. The van der Waals surface area contributed by atoms with Crippen molar-refractivity contribution in [3.8, 4) is 33.9 Å². The van der Waals surface area contributed by atoms with Crippen LogP contribution in [0.15, 0.2) is 41.1 Å². The molecule has 0 aliphatic heterocycles. The maximum absolute atomic E-state index is 12.1. The lowest BCUT2D eigenvalue weighted by molar-refractivity contribution is -0.365. The number of carbonyl (C=O) groups is 1. The molecular formula is C22H26N3O4+. The van der Waals surface area contributed by atoms with E-state index in [2.05, 4.69) is 16.2 Å². The fourth-order valence-corrected chi connectivity index (χ4v) is 3.17. The van der Waals surface area contributed by atoms with Crippen molar-refractivity contribution >= 4 is 11.6 Å². The summed E-state index contributed by atoms with van der Waals surface area (Å²) in [4.78, 5) is 12.1. The molecule has 1 aromatic heterocycles. The zero-order chi connectivity index (χ0) is 21.0. The Balaban J connectivity index is 2.05. The Bertz CT molecular complexity index is 1030. The van der Waals surface area contributed by atoms with Gasteiger partial charge >= 0.3 is 0 Å². The fourth-order valence-electron chi connectivity index (χ4n) is 3.17. The Morgan fingerprint density at radius 3 is 2.55 bits per heavy atom. The average molecular weight is 396 g/mol. The van der Waals surface area contributed by atoms with Crippen LogP contribution in [0.2, 0.25) is 0 Å². The summed E-state index contributed by atoms with van der Waals surface area (Å²) in [5, 5.41) is 6.89. The number of amides is 1. The first-order chi connectivity index (χ1) is 14.0. The second-order valence-electron chi connectivity index (χ2n) is 6.76. The number of hydrogen-bond donors (Lipinski definition) is 2. The number of quaternary nitrogens is 1. The van der Waals surface area contributed by atoms with Gasteiger partial charge < -0.3 is 25.0 Å². The van der Waals surface area contributed by atoms with Gasteiger partial charge in [0.05, 0.1) is 39.1 Å². The van der Waals surface area contributed by atoms with Crippen molar-refractivity contribution in [2.75, 3.05) is 26.1 Å². The molecule has 1 amide bonds. The van der Waals surface area contributed by atoms with E-state index in [1.807, 2.05) is 44.2 Å². The van der Waals surface area contributed by atoms with Crippen LogP contribution in [0, 0.1) is 13.8 Å². The summed E-state index contributed by atoms with van der Waals surface area (Å²) >= 11 is 0. The number of nitrogens with zero attached hydrogens (tertiary/aromatic N) is 1. The summed E-state index contributed by atoms with van der Waals surface area (Å²) in [6, 6.07) is 9.56. The molecule has 0 spiro atoms. The summed E-state index contributed by atoms with van der Waals surface area (Å²) < 4.78 is 16.5. The summed E-state index contributed by atoms with van der Waals surface area (Å²) in [6.45, 7) is 4.57. The van der Waals surface area contributed by atoms with Crippen molar-refractivity contribution in [2.45, 2.75) is 20.3 Å². The third-order valence-electron chi connectivity index (χ3n) is 4.86. The van der Waals surface area contributed by atoms with Crippen LogP contribution in [-0.2, 0) is 4.79 Å². The number of carbonyl (C=O) groups excluding carboxylic acids is 1. The van der Waals surface area contributed by atoms with Crippen molar-refractivity contribution in [3.05, 3.63) is 47.7 Å². The molecule has 3 rings (SSSR count). The number of rotatable bonds is 7. The zero-order valence-electron chi connectivity index (χ0n) is 17.2. The van der Waals surface area contributed by atoms with Crippen LogP contribution < -0.4 is 20.5 Å². The van der Waals surface area contributed by atoms with E-state index in [4.69, 9.17) is 14.0 Å². The predicted molar refractivity (Wildman–Crippen MR) is 111 cm³/mol. The van der Waals surface area contributed by atoms with Gasteiger partial charge in [-0.15, -0.1) is 0 Å². The number of anilines is 1. The van der Waals surface area contributed by atoms with Crippen molar-refractivity contribution < 1.29 is 24.5 Å². The second kappa shape index (κ2) is 8.79. The van der Waals surface area contributed by atoms with Gasteiger partial charge in [-0.2, -0.15) is 0 Å². The van der Waals surface area contributed by atoms with Crippen LogP contribution in [0.25, 0.3) is 22.5 Å². The molecule has 7 nitrogen and oxygen atoms in total. The number of aryl methyl sites for hydroxylation is 1. The Labute approximate surface area is 169 Å². The highest BCUT2D eigenvalue weighted by atomic mass is 16.5. The smallest absolute Gasteiger partial charge is 0.230 e. The van der Waals surface area contributed by atoms with Crippen LogP contribution in [-0.4, -0.2) is 31.8 Å². The topological polar surface area (TPSA) is 101 Å². The zero-order valence-corrected chi connectivity index (χ0v) is 17.2. The minimum atomic E-state index is -0.111. The monoisotopic (exact) mass is 396 g/mol. The van der Waals surface area contributed by atoms with E-state index >= 15 is 0 Å². The number of hydrogen-bond acceptors (Lipinski definition) is 5. The van der Waals surface area contributed by atoms with Gasteiger partial charge in [-0.3, -0.25) is 4.79 Å². The third kappa shape index (κ3) is 4.25. The van der Waals surface area contributed by atoms with Crippen molar-refractivity contribution in [1.82, 2.24) is 5.16 Å². The van der Waals surface area contributed by atoms with Crippen LogP contribution in [0.3, 0.4) is 0 Å². The fraction of sp³-hybridized carbons (Fsp3) is 0.273. The molecule has 4 N–H and O–H groups in total. The van der Waals surface area contributed by atoms with E-state index in [-0.39, 0.29) is 5.91 Å². The number of methoxy groups -OCH3 is 2. The molecular weight excluding hydrogens is 370 g/mol. The Hall–Kier alpha value is -3.32. The lowest BCUT2D eigenvalue weighted by Crippen LogP contribution is -2.51. The molecule has 7 heteroatoms. The van der Waals surface area contributed by atoms with Gasteiger partial charge in [0.2, 0.25) is 5.91 Å². The average Bonchev–Trinajstić information content (AvgIpc) is 3.20. The van der Waals surface area contributed by atoms with E-state index in [9.17, 15) is 4.79 Å². The highest BCUT2D eigenvalue weighted by molar-refractivity contribution is 5.94. The lowest BCUT2D eigenvalue weighted by atomic mass is 9.98. The molecule has 2 aromatic carbocycles. The van der Waals surface area contributed by atoms with Gasteiger partial charge in [0.1, 0.15) is 11.5 Å². The first-order valence-electron chi connectivity index (χ1n) is 9.36. The quantitative estimate of drug-likeness (QED) is 0.639. The molecule has 0 bridgehead atoms. The standard InChI is InChI=1S/C22H25N3O4/c1-13-9-16(11-20(28-4)14(13)2)22-17(12-24-29-22)15-5-6-19(27-3)18(10-15)25-21(26)7-8-23/h5-6,9-12H,7-8,23H2,1-4H3,(H,25,26)/p+1. The highest BCUT2D eigenvalue weighted by Crippen LogP contribution is 2.38. The predicted octanol–water partition coefficient (Wildman–Crippen LogP) is 3.21. The summed E-state index contributed by atoms with van der Waals surface area (Å²) in [5.41, 5.74) is 9.02. The molecule has 0 unspecified atom stereocenters. The molecule has 0 atom stereocenters. The van der Waals surface area contributed by atoms with Gasteiger partial charge in [0.15, 0.2) is 5.76 Å². The summed E-state index contributed by atoms with van der Waals surface area (Å²) in [5.74, 6) is 1.89. The second-order valence-corrected chi connectivity index (χ2v) is 6.76. The molecule has 3 aromatic rings. The summed E-state index contributed by atoms with van der Waals surface area (Å²) in [7, 11) is 3.22. The molecule has 0 fully saturated rings.